The van der Waals surface area contributed by atoms with Crippen LogP contribution in [0, 0.1) is 11.6 Å². The van der Waals surface area contributed by atoms with Crippen LogP contribution in [0.25, 0.3) is 11.3 Å². The molecular weight excluding hydrogens is 438 g/mol. The van der Waals surface area contributed by atoms with Crippen LogP contribution >= 0.6 is 0 Å². The molecule has 2 aromatic carbocycles. The monoisotopic (exact) mass is 466 g/mol. The minimum Gasteiger partial charge on any atom is -0.390 e. The van der Waals surface area contributed by atoms with E-state index in [1.165, 1.54) is 24.6 Å². The van der Waals surface area contributed by atoms with Gasteiger partial charge in [-0.25, -0.2) is 8.78 Å². The Morgan fingerprint density at radius 3 is 2.68 bits per heavy atom. The van der Waals surface area contributed by atoms with Gasteiger partial charge in [-0.2, -0.15) is 0 Å². The number of aryl methyl sites for hydroxylation is 1. The average molecular weight is 467 g/mol. The normalized spacial score (nSPS) is 17.0. The molecule has 0 radical (unpaired) electrons. The Hall–Kier alpha value is -3.23. The van der Waals surface area contributed by atoms with Crippen molar-refractivity contribution < 1.29 is 18.7 Å². The maximum Gasteiger partial charge on any atom is 0.217 e. The van der Waals surface area contributed by atoms with Crippen LogP contribution < -0.4 is 10.6 Å². The lowest BCUT2D eigenvalue weighted by molar-refractivity contribution is -0.120. The quantitative estimate of drug-likeness (QED) is 0.473. The lowest BCUT2D eigenvalue weighted by Crippen LogP contribution is -2.48. The highest BCUT2D eigenvalue weighted by molar-refractivity contribution is 5.73. The molecule has 0 unspecified atom stereocenters. The van der Waals surface area contributed by atoms with Gasteiger partial charge in [0.25, 0.3) is 0 Å². The van der Waals surface area contributed by atoms with Crippen molar-refractivity contribution in [2.45, 2.75) is 50.8 Å². The Kier molecular flexibility index (Phi) is 7.59. The number of fused-ring (bicyclic) bond motifs is 1. The van der Waals surface area contributed by atoms with E-state index >= 15 is 0 Å². The van der Waals surface area contributed by atoms with E-state index < -0.39 is 23.8 Å². The van der Waals surface area contributed by atoms with Gasteiger partial charge < -0.3 is 15.7 Å². The lowest BCUT2D eigenvalue weighted by atomic mass is 9.86. The largest absolute Gasteiger partial charge is 0.390 e. The summed E-state index contributed by atoms with van der Waals surface area (Å²) in [5.74, 6) is -1.71. The van der Waals surface area contributed by atoms with Gasteiger partial charge in [0, 0.05) is 43.5 Å². The first kappa shape index (κ1) is 23.9. The maximum atomic E-state index is 13.6. The van der Waals surface area contributed by atoms with Gasteiger partial charge in [0.2, 0.25) is 5.91 Å². The molecule has 1 amide bonds. The molecule has 0 spiro atoms. The predicted molar refractivity (Wildman–Crippen MR) is 125 cm³/mol. The molecule has 1 aromatic heterocycles. The topological polar surface area (TPSA) is 87.1 Å². The second kappa shape index (κ2) is 10.8. The van der Waals surface area contributed by atoms with E-state index in [0.717, 1.165) is 42.1 Å². The Balaban J connectivity index is 1.48. The number of hydrogen-bond donors (Lipinski definition) is 3. The highest BCUT2D eigenvalue weighted by Crippen LogP contribution is 2.32. The molecule has 1 aliphatic rings. The molecule has 8 heteroatoms. The number of aromatic nitrogens is 2. The summed E-state index contributed by atoms with van der Waals surface area (Å²) in [5.41, 5.74) is 4.55. The highest BCUT2D eigenvalue weighted by atomic mass is 19.1. The van der Waals surface area contributed by atoms with E-state index in [1.54, 1.807) is 18.6 Å². The van der Waals surface area contributed by atoms with Gasteiger partial charge in [-0.05, 0) is 60.6 Å². The van der Waals surface area contributed by atoms with Gasteiger partial charge in [0.1, 0.15) is 11.6 Å². The van der Waals surface area contributed by atoms with Gasteiger partial charge in [-0.1, -0.05) is 12.1 Å². The summed E-state index contributed by atoms with van der Waals surface area (Å²) in [6.07, 6.45) is 7.08. The second-order valence-corrected chi connectivity index (χ2v) is 8.71. The van der Waals surface area contributed by atoms with Gasteiger partial charge in [-0.3, -0.25) is 14.8 Å². The number of benzene rings is 2. The Morgan fingerprint density at radius 2 is 1.97 bits per heavy atom. The van der Waals surface area contributed by atoms with Gasteiger partial charge >= 0.3 is 0 Å². The first-order chi connectivity index (χ1) is 16.4. The molecule has 0 fully saturated rings. The Morgan fingerprint density at radius 1 is 1.18 bits per heavy atom. The summed E-state index contributed by atoms with van der Waals surface area (Å²) < 4.78 is 27.2. The molecule has 0 bridgehead atoms. The van der Waals surface area contributed by atoms with E-state index in [2.05, 4.69) is 32.7 Å². The predicted octanol–water partition coefficient (Wildman–Crippen LogP) is 3.50. The van der Waals surface area contributed by atoms with Crippen LogP contribution in [0.4, 0.5) is 8.78 Å². The summed E-state index contributed by atoms with van der Waals surface area (Å²) in [6, 6.07) is 8.83. The molecular formula is C26H28F2N4O2. The molecule has 3 atom stereocenters. The van der Waals surface area contributed by atoms with Gasteiger partial charge in [-0.15, -0.1) is 0 Å². The summed E-state index contributed by atoms with van der Waals surface area (Å²) in [6.45, 7) is 1.56. The van der Waals surface area contributed by atoms with Crippen LogP contribution in [-0.4, -0.2) is 39.7 Å². The molecule has 4 rings (SSSR count). The summed E-state index contributed by atoms with van der Waals surface area (Å²) >= 11 is 0. The van der Waals surface area contributed by atoms with Crippen molar-refractivity contribution >= 4 is 5.91 Å². The van der Waals surface area contributed by atoms with Crippen LogP contribution in [0.2, 0.25) is 0 Å². The zero-order valence-electron chi connectivity index (χ0n) is 19.0. The Labute approximate surface area is 197 Å². The van der Waals surface area contributed by atoms with Crippen LogP contribution in [0.1, 0.15) is 42.5 Å². The molecule has 0 aliphatic heterocycles. The van der Waals surface area contributed by atoms with Gasteiger partial charge in [0.05, 0.1) is 24.0 Å². The van der Waals surface area contributed by atoms with Crippen molar-refractivity contribution in [3.05, 3.63) is 83.3 Å². The molecule has 0 saturated carbocycles. The first-order valence-corrected chi connectivity index (χ1v) is 11.4. The number of nitrogens with one attached hydrogen (secondary N) is 2. The number of carbonyl (C=O) groups is 1. The second-order valence-electron chi connectivity index (χ2n) is 8.71. The number of halogens is 2. The van der Waals surface area contributed by atoms with Crippen molar-refractivity contribution in [1.82, 2.24) is 20.6 Å². The number of aliphatic hydroxyl groups is 1. The van der Waals surface area contributed by atoms with Crippen LogP contribution in [0.15, 0.2) is 55.0 Å². The minimum absolute atomic E-state index is 0.0274. The number of carbonyl (C=O) groups excluding carboxylic acids is 1. The molecule has 1 aliphatic carbocycles. The molecule has 0 saturated heterocycles. The Bertz CT molecular complexity index is 1120. The molecule has 178 valence electrons. The van der Waals surface area contributed by atoms with Gasteiger partial charge in [0.15, 0.2) is 0 Å². The molecule has 34 heavy (non-hydrogen) atoms. The summed E-state index contributed by atoms with van der Waals surface area (Å²) in [5, 5.41) is 17.0. The fraction of sp³-hybridized carbons (Fsp3) is 0.346. The van der Waals surface area contributed by atoms with E-state index in [-0.39, 0.29) is 24.9 Å². The minimum atomic E-state index is -0.955. The molecule has 3 N–H and O–H groups in total. The zero-order chi connectivity index (χ0) is 24.1. The number of nitrogens with zero attached hydrogens (tertiary/aromatic N) is 2. The zero-order valence-corrected chi connectivity index (χ0v) is 19.0. The molecule has 1 heterocycles. The van der Waals surface area contributed by atoms with E-state index in [9.17, 15) is 18.7 Å². The SMILES string of the molecule is CC(=O)N[C@@H](Cc1cc(F)cc(F)c1)[C@H](O)CN[C@H]1CCCc2ccc(-c3cnccn3)cc21. The van der Waals surface area contributed by atoms with Crippen molar-refractivity contribution in [2.24, 2.45) is 0 Å². The van der Waals surface area contributed by atoms with E-state index in [1.807, 2.05) is 6.07 Å². The van der Waals surface area contributed by atoms with Crippen molar-refractivity contribution in [2.75, 3.05) is 6.54 Å². The average Bonchev–Trinajstić information content (AvgIpc) is 2.81. The fourth-order valence-electron chi connectivity index (χ4n) is 4.55. The number of amides is 1. The number of hydrogen-bond acceptors (Lipinski definition) is 5. The van der Waals surface area contributed by atoms with Crippen molar-refractivity contribution in [3.8, 4) is 11.3 Å². The fourth-order valence-corrected chi connectivity index (χ4v) is 4.55. The van der Waals surface area contributed by atoms with Crippen LogP contribution in [-0.2, 0) is 17.6 Å². The lowest BCUT2D eigenvalue weighted by Gasteiger charge is -2.30. The highest BCUT2D eigenvalue weighted by Gasteiger charge is 2.25. The number of rotatable bonds is 8. The summed E-state index contributed by atoms with van der Waals surface area (Å²) in [4.78, 5) is 20.3. The third-order valence-electron chi connectivity index (χ3n) is 6.12. The van der Waals surface area contributed by atoms with Crippen LogP contribution in [0.5, 0.6) is 0 Å². The van der Waals surface area contributed by atoms with Crippen molar-refractivity contribution in [1.29, 1.82) is 0 Å². The first-order valence-electron chi connectivity index (χ1n) is 11.4. The number of aliphatic hydroxyl groups excluding tert-OH is 1. The third-order valence-corrected chi connectivity index (χ3v) is 6.12. The molecule has 3 aromatic rings. The van der Waals surface area contributed by atoms with Crippen molar-refractivity contribution in [3.63, 3.8) is 0 Å². The maximum absolute atomic E-state index is 13.6. The standard InChI is InChI=1S/C26H28F2N4O2/c1-16(33)32-24(11-17-9-20(27)13-21(28)10-17)26(34)15-31-23-4-2-3-18-5-6-19(12-22(18)23)25-14-29-7-8-30-25/h5-10,12-14,23-24,26,31,34H,2-4,11,15H2,1H3,(H,32,33)/t23-,24-,26+/m0/s1. The smallest absolute Gasteiger partial charge is 0.217 e. The van der Waals surface area contributed by atoms with Crippen LogP contribution in [0.3, 0.4) is 0 Å². The van der Waals surface area contributed by atoms with E-state index in [0.29, 0.717) is 5.56 Å². The van der Waals surface area contributed by atoms with E-state index in [4.69, 9.17) is 0 Å². The summed E-state index contributed by atoms with van der Waals surface area (Å²) in [7, 11) is 0. The third kappa shape index (κ3) is 6.01. The molecule has 6 nitrogen and oxygen atoms in total.